The quantitative estimate of drug-likeness (QED) is 0.925. The minimum absolute atomic E-state index is 0.146. The number of thiophene rings is 1. The first-order valence-corrected chi connectivity index (χ1v) is 7.18. The SMILES string of the molecule is Cn1nncc1CC(=O)Nc1sc2c(c1C#N)CCC2. The predicted octanol–water partition coefficient (Wildman–Crippen LogP) is 1.42. The van der Waals surface area contributed by atoms with Crippen LogP contribution in [0.1, 0.15) is 28.1 Å². The van der Waals surface area contributed by atoms with Gasteiger partial charge in [0.05, 0.1) is 23.9 Å². The highest BCUT2D eigenvalue weighted by molar-refractivity contribution is 7.16. The molecule has 6 nitrogen and oxygen atoms in total. The van der Waals surface area contributed by atoms with Crippen LogP contribution in [0.15, 0.2) is 6.20 Å². The van der Waals surface area contributed by atoms with Crippen molar-refractivity contribution in [2.75, 3.05) is 5.32 Å². The number of nitriles is 1. The summed E-state index contributed by atoms with van der Waals surface area (Å²) in [5, 5.41) is 20.3. The van der Waals surface area contributed by atoms with Crippen LogP contribution in [-0.4, -0.2) is 20.9 Å². The van der Waals surface area contributed by atoms with Gasteiger partial charge in [-0.3, -0.25) is 9.48 Å². The number of carbonyl (C=O) groups excluding carboxylic acids is 1. The van der Waals surface area contributed by atoms with Crippen molar-refractivity contribution in [3.8, 4) is 6.07 Å². The third kappa shape index (κ3) is 2.18. The number of aromatic nitrogens is 3. The fraction of sp³-hybridized carbons (Fsp3) is 0.385. The van der Waals surface area contributed by atoms with Crippen LogP contribution in [0, 0.1) is 11.3 Å². The zero-order valence-electron chi connectivity index (χ0n) is 11.0. The lowest BCUT2D eigenvalue weighted by molar-refractivity contribution is -0.115. The molecular weight excluding hydrogens is 274 g/mol. The smallest absolute Gasteiger partial charge is 0.231 e. The summed E-state index contributed by atoms with van der Waals surface area (Å²) in [5.41, 5.74) is 2.50. The number of nitrogens with one attached hydrogen (secondary N) is 1. The van der Waals surface area contributed by atoms with E-state index in [9.17, 15) is 10.1 Å². The van der Waals surface area contributed by atoms with Crippen molar-refractivity contribution in [3.63, 3.8) is 0 Å². The molecule has 0 spiro atoms. The molecule has 7 heteroatoms. The van der Waals surface area contributed by atoms with Crippen molar-refractivity contribution in [2.45, 2.75) is 25.7 Å². The van der Waals surface area contributed by atoms with Gasteiger partial charge in [-0.05, 0) is 24.8 Å². The summed E-state index contributed by atoms with van der Waals surface area (Å²) in [6, 6.07) is 2.22. The van der Waals surface area contributed by atoms with E-state index in [-0.39, 0.29) is 12.3 Å². The third-order valence-corrected chi connectivity index (χ3v) is 4.64. The Morgan fingerprint density at radius 1 is 1.60 bits per heavy atom. The molecule has 1 aliphatic rings. The maximum Gasteiger partial charge on any atom is 0.231 e. The fourth-order valence-electron chi connectivity index (χ4n) is 2.42. The average molecular weight is 287 g/mol. The molecule has 0 unspecified atom stereocenters. The predicted molar refractivity (Wildman–Crippen MR) is 74.4 cm³/mol. The molecule has 1 N–H and O–H groups in total. The molecule has 0 fully saturated rings. The second-order valence-electron chi connectivity index (χ2n) is 4.75. The summed E-state index contributed by atoms with van der Waals surface area (Å²) >= 11 is 1.53. The van der Waals surface area contributed by atoms with Crippen LogP contribution in [-0.2, 0) is 31.1 Å². The number of rotatable bonds is 3. The number of hydrogen-bond acceptors (Lipinski definition) is 5. The number of carbonyl (C=O) groups is 1. The first-order valence-electron chi connectivity index (χ1n) is 6.37. The van der Waals surface area contributed by atoms with E-state index in [0.29, 0.717) is 10.6 Å². The summed E-state index contributed by atoms with van der Waals surface area (Å²) in [5.74, 6) is -0.146. The number of amides is 1. The van der Waals surface area contributed by atoms with E-state index in [2.05, 4.69) is 21.7 Å². The summed E-state index contributed by atoms with van der Waals surface area (Å²) in [4.78, 5) is 13.3. The first kappa shape index (κ1) is 12.8. The Morgan fingerprint density at radius 2 is 2.45 bits per heavy atom. The van der Waals surface area contributed by atoms with Gasteiger partial charge in [0.1, 0.15) is 11.1 Å². The highest BCUT2D eigenvalue weighted by Gasteiger charge is 2.23. The van der Waals surface area contributed by atoms with Crippen molar-refractivity contribution in [3.05, 3.63) is 27.9 Å². The summed E-state index contributed by atoms with van der Waals surface area (Å²) in [6.45, 7) is 0. The number of anilines is 1. The molecule has 2 heterocycles. The van der Waals surface area contributed by atoms with Crippen molar-refractivity contribution < 1.29 is 4.79 Å². The molecule has 102 valence electrons. The molecule has 2 aromatic heterocycles. The van der Waals surface area contributed by atoms with E-state index >= 15 is 0 Å². The van der Waals surface area contributed by atoms with Gasteiger partial charge >= 0.3 is 0 Å². The lowest BCUT2D eigenvalue weighted by Gasteiger charge is -2.03. The molecule has 20 heavy (non-hydrogen) atoms. The van der Waals surface area contributed by atoms with Gasteiger partial charge in [0.2, 0.25) is 5.91 Å². The van der Waals surface area contributed by atoms with E-state index < -0.39 is 0 Å². The molecule has 0 saturated carbocycles. The van der Waals surface area contributed by atoms with Crippen LogP contribution in [0.3, 0.4) is 0 Å². The molecule has 0 radical (unpaired) electrons. The average Bonchev–Trinajstić information content (AvgIpc) is 3.07. The zero-order valence-corrected chi connectivity index (χ0v) is 11.8. The molecule has 0 saturated heterocycles. The minimum atomic E-state index is -0.146. The molecule has 1 aliphatic carbocycles. The summed E-state index contributed by atoms with van der Waals surface area (Å²) in [6.07, 6.45) is 4.83. The van der Waals surface area contributed by atoms with Crippen LogP contribution >= 0.6 is 11.3 Å². The van der Waals surface area contributed by atoms with E-state index in [1.165, 1.54) is 16.2 Å². The van der Waals surface area contributed by atoms with Gasteiger partial charge in [0, 0.05) is 11.9 Å². The minimum Gasteiger partial charge on any atom is -0.316 e. The fourth-order valence-corrected chi connectivity index (χ4v) is 3.67. The maximum atomic E-state index is 12.0. The Kier molecular flexibility index (Phi) is 3.24. The molecule has 0 aliphatic heterocycles. The van der Waals surface area contributed by atoms with Crippen molar-refractivity contribution in [1.29, 1.82) is 5.26 Å². The number of hydrogen-bond donors (Lipinski definition) is 1. The highest BCUT2D eigenvalue weighted by atomic mass is 32.1. The van der Waals surface area contributed by atoms with Crippen LogP contribution in [0.2, 0.25) is 0 Å². The first-order chi connectivity index (χ1) is 9.69. The lowest BCUT2D eigenvalue weighted by Crippen LogP contribution is -2.16. The monoisotopic (exact) mass is 287 g/mol. The topological polar surface area (TPSA) is 83.6 Å². The Morgan fingerprint density at radius 3 is 3.15 bits per heavy atom. The summed E-state index contributed by atoms with van der Waals surface area (Å²) < 4.78 is 1.57. The maximum absolute atomic E-state index is 12.0. The number of aryl methyl sites for hydroxylation is 2. The van der Waals surface area contributed by atoms with Gasteiger partial charge in [-0.15, -0.1) is 16.4 Å². The lowest BCUT2D eigenvalue weighted by atomic mass is 10.1. The van der Waals surface area contributed by atoms with Gasteiger partial charge in [-0.25, -0.2) is 0 Å². The highest BCUT2D eigenvalue weighted by Crippen LogP contribution is 2.38. The Labute approximate surface area is 120 Å². The molecule has 0 aromatic carbocycles. The van der Waals surface area contributed by atoms with Gasteiger partial charge < -0.3 is 5.32 Å². The molecule has 3 rings (SSSR count). The largest absolute Gasteiger partial charge is 0.316 e. The van der Waals surface area contributed by atoms with Crippen LogP contribution in [0.4, 0.5) is 5.00 Å². The number of nitrogens with zero attached hydrogens (tertiary/aromatic N) is 4. The molecule has 0 atom stereocenters. The summed E-state index contributed by atoms with van der Waals surface area (Å²) in [7, 11) is 1.75. The zero-order chi connectivity index (χ0) is 14.1. The van der Waals surface area contributed by atoms with E-state index in [1.807, 2.05) is 0 Å². The number of fused-ring (bicyclic) bond motifs is 1. The normalized spacial score (nSPS) is 13.0. The van der Waals surface area contributed by atoms with E-state index in [4.69, 9.17) is 0 Å². The Hall–Kier alpha value is -2.20. The van der Waals surface area contributed by atoms with E-state index in [0.717, 1.165) is 30.5 Å². The molecule has 2 aromatic rings. The molecule has 0 bridgehead atoms. The van der Waals surface area contributed by atoms with Gasteiger partial charge in [-0.2, -0.15) is 5.26 Å². The van der Waals surface area contributed by atoms with E-state index in [1.54, 1.807) is 17.9 Å². The second kappa shape index (κ2) is 5.06. The second-order valence-corrected chi connectivity index (χ2v) is 5.85. The standard InChI is InChI=1S/C13H13N5OS/c1-18-8(7-15-17-18)5-12(19)16-13-10(6-14)9-3-2-4-11(9)20-13/h7H,2-5H2,1H3,(H,16,19). The van der Waals surface area contributed by atoms with Gasteiger partial charge in [0.15, 0.2) is 0 Å². The molecule has 1 amide bonds. The van der Waals surface area contributed by atoms with Crippen LogP contribution in [0.5, 0.6) is 0 Å². The van der Waals surface area contributed by atoms with Crippen molar-refractivity contribution in [2.24, 2.45) is 7.05 Å². The van der Waals surface area contributed by atoms with Crippen molar-refractivity contribution >= 4 is 22.2 Å². The van der Waals surface area contributed by atoms with Crippen LogP contribution < -0.4 is 5.32 Å². The van der Waals surface area contributed by atoms with Gasteiger partial charge in [-0.1, -0.05) is 5.21 Å². The molecular formula is C13H13N5OS. The Bertz CT molecular complexity index is 709. The third-order valence-electron chi connectivity index (χ3n) is 3.44. The Balaban J connectivity index is 1.77. The van der Waals surface area contributed by atoms with Gasteiger partial charge in [0.25, 0.3) is 0 Å². The van der Waals surface area contributed by atoms with Crippen LogP contribution in [0.25, 0.3) is 0 Å². The van der Waals surface area contributed by atoms with Crippen molar-refractivity contribution in [1.82, 2.24) is 15.0 Å².